The highest BCUT2D eigenvalue weighted by Gasteiger charge is 2.19. The van der Waals surface area contributed by atoms with Crippen LogP contribution in [0.3, 0.4) is 0 Å². The fraction of sp³-hybridized carbons (Fsp3) is 0.286. The van der Waals surface area contributed by atoms with E-state index in [-0.39, 0.29) is 5.78 Å². The van der Waals surface area contributed by atoms with E-state index in [1.54, 1.807) is 32.9 Å². The van der Waals surface area contributed by atoms with E-state index in [1.807, 2.05) is 53.1 Å². The van der Waals surface area contributed by atoms with Crippen LogP contribution in [0.1, 0.15) is 19.8 Å². The number of benzene rings is 2. The Bertz CT molecular complexity index is 938. The average Bonchev–Trinajstić information content (AvgIpc) is 3.14. The number of carbonyl (C=O) groups excluding carboxylic acids is 1. The standard InChI is InChI=1S/C21H23N3O3S/c1-15(25)7-6-14-28-21-23-22-20(18-8-4-5-9-19(18)27-3)24(21)16-10-12-17(26-2)13-11-16/h4-5,8-13H,6-7,14H2,1-3H3. The molecular weight excluding hydrogens is 374 g/mol. The minimum atomic E-state index is 0.201. The minimum absolute atomic E-state index is 0.201. The Morgan fingerprint density at radius 1 is 1.04 bits per heavy atom. The van der Waals surface area contributed by atoms with Crippen LogP contribution in [0, 0.1) is 0 Å². The SMILES string of the molecule is COc1ccc(-n2c(SCCCC(C)=O)nnc2-c2ccccc2OC)cc1. The van der Waals surface area contributed by atoms with Gasteiger partial charge >= 0.3 is 0 Å². The number of rotatable bonds is 9. The van der Waals surface area contributed by atoms with E-state index < -0.39 is 0 Å². The largest absolute Gasteiger partial charge is 0.497 e. The number of aromatic nitrogens is 3. The second-order valence-electron chi connectivity index (χ2n) is 6.19. The molecule has 3 aromatic rings. The third kappa shape index (κ3) is 4.54. The van der Waals surface area contributed by atoms with Crippen molar-refractivity contribution in [3.8, 4) is 28.6 Å². The predicted octanol–water partition coefficient (Wildman–Crippen LogP) is 4.41. The maximum absolute atomic E-state index is 11.2. The minimum Gasteiger partial charge on any atom is -0.497 e. The first-order chi connectivity index (χ1) is 13.6. The number of ether oxygens (including phenoxy) is 2. The van der Waals surface area contributed by atoms with Crippen molar-refractivity contribution >= 4 is 17.5 Å². The fourth-order valence-electron chi connectivity index (χ4n) is 2.82. The zero-order chi connectivity index (χ0) is 19.9. The number of hydrogen-bond donors (Lipinski definition) is 0. The maximum atomic E-state index is 11.2. The molecule has 0 bridgehead atoms. The molecule has 1 aromatic heterocycles. The normalized spacial score (nSPS) is 10.7. The highest BCUT2D eigenvalue weighted by atomic mass is 32.2. The number of ketones is 1. The van der Waals surface area contributed by atoms with Gasteiger partial charge < -0.3 is 14.3 Å². The number of carbonyl (C=O) groups is 1. The van der Waals surface area contributed by atoms with Crippen molar-refractivity contribution in [2.75, 3.05) is 20.0 Å². The van der Waals surface area contributed by atoms with E-state index in [0.29, 0.717) is 12.2 Å². The Morgan fingerprint density at radius 2 is 1.79 bits per heavy atom. The summed E-state index contributed by atoms with van der Waals surface area (Å²) in [5.74, 6) is 3.22. The van der Waals surface area contributed by atoms with Crippen LogP contribution in [0.2, 0.25) is 0 Å². The third-order valence-corrected chi connectivity index (χ3v) is 5.23. The van der Waals surface area contributed by atoms with E-state index >= 15 is 0 Å². The summed E-state index contributed by atoms with van der Waals surface area (Å²) in [4.78, 5) is 11.2. The number of nitrogens with zero attached hydrogens (tertiary/aromatic N) is 3. The third-order valence-electron chi connectivity index (χ3n) is 4.22. The van der Waals surface area contributed by atoms with Gasteiger partial charge in [-0.25, -0.2) is 0 Å². The van der Waals surface area contributed by atoms with Gasteiger partial charge in [-0.3, -0.25) is 4.57 Å². The number of thioether (sulfide) groups is 1. The van der Waals surface area contributed by atoms with Gasteiger partial charge in [0.15, 0.2) is 11.0 Å². The van der Waals surface area contributed by atoms with Crippen molar-refractivity contribution in [3.63, 3.8) is 0 Å². The molecule has 7 heteroatoms. The molecule has 0 amide bonds. The first-order valence-electron chi connectivity index (χ1n) is 8.99. The molecule has 2 aromatic carbocycles. The van der Waals surface area contributed by atoms with Crippen LogP contribution in [-0.4, -0.2) is 40.5 Å². The summed E-state index contributed by atoms with van der Waals surface area (Å²) in [7, 11) is 3.29. The van der Waals surface area contributed by atoms with Crippen molar-refractivity contribution in [2.45, 2.75) is 24.9 Å². The Morgan fingerprint density at radius 3 is 2.46 bits per heavy atom. The summed E-state index contributed by atoms with van der Waals surface area (Å²) in [5.41, 5.74) is 1.80. The van der Waals surface area contributed by atoms with Crippen molar-refractivity contribution in [1.29, 1.82) is 0 Å². The molecule has 0 aliphatic rings. The summed E-state index contributed by atoms with van der Waals surface area (Å²) in [6.45, 7) is 1.62. The molecule has 0 aliphatic carbocycles. The smallest absolute Gasteiger partial charge is 0.196 e. The first-order valence-corrected chi connectivity index (χ1v) is 9.98. The van der Waals surface area contributed by atoms with Crippen LogP contribution in [0.5, 0.6) is 11.5 Å². The van der Waals surface area contributed by atoms with Crippen LogP contribution in [0.15, 0.2) is 53.7 Å². The van der Waals surface area contributed by atoms with E-state index in [9.17, 15) is 4.79 Å². The van der Waals surface area contributed by atoms with Gasteiger partial charge in [-0.2, -0.15) is 0 Å². The lowest BCUT2D eigenvalue weighted by atomic mass is 10.2. The quantitative estimate of drug-likeness (QED) is 0.393. The summed E-state index contributed by atoms with van der Waals surface area (Å²) < 4.78 is 12.8. The first kappa shape index (κ1) is 19.9. The Labute approximate surface area is 168 Å². The molecule has 0 radical (unpaired) electrons. The molecule has 0 N–H and O–H groups in total. The molecule has 0 atom stereocenters. The lowest BCUT2D eigenvalue weighted by Crippen LogP contribution is -2.01. The van der Waals surface area contributed by atoms with Gasteiger partial charge in [0.1, 0.15) is 17.3 Å². The van der Waals surface area contributed by atoms with Gasteiger partial charge in [-0.1, -0.05) is 23.9 Å². The number of methoxy groups -OCH3 is 2. The molecule has 3 rings (SSSR count). The second kappa shape index (κ2) is 9.41. The monoisotopic (exact) mass is 397 g/mol. The Kier molecular flexibility index (Phi) is 6.71. The summed E-state index contributed by atoms with van der Waals surface area (Å²) in [5, 5.41) is 9.62. The molecule has 0 saturated heterocycles. The highest BCUT2D eigenvalue weighted by molar-refractivity contribution is 7.99. The number of Topliss-reactive ketones (excluding diaryl/α,β-unsaturated/α-hetero) is 1. The summed E-state index contributed by atoms with van der Waals surface area (Å²) in [6, 6.07) is 15.5. The van der Waals surface area contributed by atoms with Crippen molar-refractivity contribution in [2.24, 2.45) is 0 Å². The number of para-hydroxylation sites is 1. The van der Waals surface area contributed by atoms with E-state index in [2.05, 4.69) is 10.2 Å². The lowest BCUT2D eigenvalue weighted by molar-refractivity contribution is -0.117. The van der Waals surface area contributed by atoms with Gasteiger partial charge in [0.05, 0.1) is 25.5 Å². The molecule has 146 valence electrons. The molecule has 6 nitrogen and oxygen atoms in total. The topological polar surface area (TPSA) is 66.2 Å². The van der Waals surface area contributed by atoms with Crippen molar-refractivity contribution in [1.82, 2.24) is 14.8 Å². The summed E-state index contributed by atoms with van der Waals surface area (Å²) >= 11 is 1.59. The Balaban J connectivity index is 2.00. The zero-order valence-corrected chi connectivity index (χ0v) is 17.0. The molecule has 0 aliphatic heterocycles. The fourth-order valence-corrected chi connectivity index (χ4v) is 3.71. The molecule has 1 heterocycles. The van der Waals surface area contributed by atoms with Gasteiger partial charge in [0.2, 0.25) is 0 Å². The molecule has 0 spiro atoms. The number of hydrogen-bond acceptors (Lipinski definition) is 6. The second-order valence-corrected chi connectivity index (χ2v) is 7.26. The maximum Gasteiger partial charge on any atom is 0.196 e. The molecule has 0 fully saturated rings. The highest BCUT2D eigenvalue weighted by Crippen LogP contribution is 2.33. The van der Waals surface area contributed by atoms with Crippen molar-refractivity contribution in [3.05, 3.63) is 48.5 Å². The lowest BCUT2D eigenvalue weighted by Gasteiger charge is -2.13. The molecular formula is C21H23N3O3S. The average molecular weight is 398 g/mol. The van der Waals surface area contributed by atoms with Crippen LogP contribution in [0.4, 0.5) is 0 Å². The Hall–Kier alpha value is -2.80. The summed E-state index contributed by atoms with van der Waals surface area (Å²) in [6.07, 6.45) is 1.38. The van der Waals surface area contributed by atoms with Crippen LogP contribution >= 0.6 is 11.8 Å². The van der Waals surface area contributed by atoms with Crippen LogP contribution in [0.25, 0.3) is 17.1 Å². The van der Waals surface area contributed by atoms with Gasteiger partial charge in [0, 0.05) is 12.2 Å². The van der Waals surface area contributed by atoms with Crippen LogP contribution in [-0.2, 0) is 4.79 Å². The van der Waals surface area contributed by atoms with Crippen LogP contribution < -0.4 is 9.47 Å². The molecule has 28 heavy (non-hydrogen) atoms. The zero-order valence-electron chi connectivity index (χ0n) is 16.2. The van der Waals surface area contributed by atoms with Crippen molar-refractivity contribution < 1.29 is 14.3 Å². The molecule has 0 unspecified atom stereocenters. The van der Waals surface area contributed by atoms with Gasteiger partial charge in [0.25, 0.3) is 0 Å². The molecule has 0 saturated carbocycles. The van der Waals surface area contributed by atoms with Gasteiger partial charge in [-0.05, 0) is 49.7 Å². The van der Waals surface area contributed by atoms with E-state index in [0.717, 1.165) is 40.1 Å². The van der Waals surface area contributed by atoms with Gasteiger partial charge in [-0.15, -0.1) is 10.2 Å². The van der Waals surface area contributed by atoms with E-state index in [4.69, 9.17) is 9.47 Å². The predicted molar refractivity (Wildman–Crippen MR) is 111 cm³/mol. The van der Waals surface area contributed by atoms with E-state index in [1.165, 1.54) is 0 Å².